The molecule has 0 aromatic carbocycles. The lowest BCUT2D eigenvalue weighted by atomic mass is 10.2. The van der Waals surface area contributed by atoms with Gasteiger partial charge in [0, 0.05) is 19.2 Å². The fourth-order valence-electron chi connectivity index (χ4n) is 2.17. The molecule has 1 amide bonds. The van der Waals surface area contributed by atoms with Crippen LogP contribution in [-0.4, -0.2) is 52.4 Å². The molecular weight excluding hydrogens is 266 g/mol. The minimum absolute atomic E-state index is 0.0516. The van der Waals surface area contributed by atoms with Crippen LogP contribution in [0.2, 0.25) is 0 Å². The molecule has 0 radical (unpaired) electrons. The van der Waals surface area contributed by atoms with Gasteiger partial charge in [0.15, 0.2) is 5.69 Å². The van der Waals surface area contributed by atoms with Crippen LogP contribution < -0.4 is 0 Å². The number of carbonyl (C=O) groups is 2. The molecule has 0 spiro atoms. The lowest BCUT2D eigenvalue weighted by Crippen LogP contribution is -2.44. The van der Waals surface area contributed by atoms with Gasteiger partial charge in [-0.2, -0.15) is 0 Å². The van der Waals surface area contributed by atoms with E-state index in [1.165, 1.54) is 21.6 Å². The third-order valence-corrected chi connectivity index (χ3v) is 3.19. The first-order chi connectivity index (χ1) is 9.56. The molecular formula is C12H15N3O5. The average Bonchev–Trinajstić information content (AvgIpc) is 2.90. The highest BCUT2D eigenvalue weighted by Crippen LogP contribution is 2.18. The molecule has 0 saturated carbocycles. The van der Waals surface area contributed by atoms with E-state index in [-0.39, 0.29) is 18.1 Å². The molecule has 2 rings (SSSR count). The van der Waals surface area contributed by atoms with Gasteiger partial charge in [-0.3, -0.25) is 9.59 Å². The highest BCUT2D eigenvalue weighted by Gasteiger charge is 2.31. The monoisotopic (exact) mass is 281 g/mol. The third kappa shape index (κ3) is 2.55. The van der Waals surface area contributed by atoms with E-state index in [0.29, 0.717) is 26.3 Å². The number of nitro groups is 1. The van der Waals surface area contributed by atoms with Crippen LogP contribution in [-0.2, 0) is 16.1 Å². The summed E-state index contributed by atoms with van der Waals surface area (Å²) in [5, 5.41) is 10.8. The summed E-state index contributed by atoms with van der Waals surface area (Å²) in [5.41, 5.74) is 0.0516. The standard InChI is InChI=1S/C12H15N3O5/c1-2-14-9(3-4-10(14)15(18)19)11(16)12(17)13-5-7-20-8-6-13/h3-4H,2,5-8H2,1H3. The molecule has 0 atom stereocenters. The number of ketones is 1. The van der Waals surface area contributed by atoms with Crippen LogP contribution in [0, 0.1) is 10.1 Å². The van der Waals surface area contributed by atoms with Crippen LogP contribution >= 0.6 is 0 Å². The number of ether oxygens (including phenoxy) is 1. The van der Waals surface area contributed by atoms with Crippen molar-refractivity contribution in [3.63, 3.8) is 0 Å². The number of hydrogen-bond acceptors (Lipinski definition) is 5. The number of aromatic nitrogens is 1. The molecule has 2 heterocycles. The van der Waals surface area contributed by atoms with Gasteiger partial charge >= 0.3 is 5.82 Å². The molecule has 1 aliphatic heterocycles. The fourth-order valence-corrected chi connectivity index (χ4v) is 2.17. The maximum atomic E-state index is 12.2. The van der Waals surface area contributed by atoms with Crippen molar-refractivity contribution in [2.75, 3.05) is 26.3 Å². The van der Waals surface area contributed by atoms with Crippen LogP contribution in [0.3, 0.4) is 0 Å². The highest BCUT2D eigenvalue weighted by molar-refractivity contribution is 6.42. The van der Waals surface area contributed by atoms with Gasteiger partial charge in [0.25, 0.3) is 11.7 Å². The van der Waals surface area contributed by atoms with Crippen molar-refractivity contribution in [3.8, 4) is 0 Å². The van der Waals surface area contributed by atoms with E-state index >= 15 is 0 Å². The molecule has 1 aliphatic rings. The van der Waals surface area contributed by atoms with Gasteiger partial charge in [-0.05, 0) is 17.9 Å². The van der Waals surface area contributed by atoms with Crippen LogP contribution in [0.5, 0.6) is 0 Å². The summed E-state index contributed by atoms with van der Waals surface area (Å²) in [5.74, 6) is -1.55. The number of hydrogen-bond donors (Lipinski definition) is 0. The molecule has 0 unspecified atom stereocenters. The zero-order valence-corrected chi connectivity index (χ0v) is 11.1. The minimum Gasteiger partial charge on any atom is -0.378 e. The number of amides is 1. The molecule has 1 fully saturated rings. The maximum absolute atomic E-state index is 12.2. The number of morpholine rings is 1. The van der Waals surface area contributed by atoms with Gasteiger partial charge < -0.3 is 19.8 Å². The summed E-state index contributed by atoms with van der Waals surface area (Å²) in [6, 6.07) is 2.56. The zero-order chi connectivity index (χ0) is 14.7. The number of carbonyl (C=O) groups excluding carboxylic acids is 2. The second kappa shape index (κ2) is 5.83. The van der Waals surface area contributed by atoms with Crippen LogP contribution in [0.1, 0.15) is 17.4 Å². The Bertz CT molecular complexity index is 545. The predicted molar refractivity (Wildman–Crippen MR) is 68.5 cm³/mol. The van der Waals surface area contributed by atoms with Crippen molar-refractivity contribution in [1.82, 2.24) is 9.47 Å². The Morgan fingerprint density at radius 3 is 2.55 bits per heavy atom. The van der Waals surface area contributed by atoms with Gasteiger partial charge in [0.2, 0.25) is 0 Å². The number of rotatable bonds is 4. The van der Waals surface area contributed by atoms with Crippen molar-refractivity contribution < 1.29 is 19.2 Å². The molecule has 1 aromatic heterocycles. The van der Waals surface area contributed by atoms with E-state index in [1.807, 2.05) is 0 Å². The smallest absolute Gasteiger partial charge is 0.323 e. The second-order valence-corrected chi connectivity index (χ2v) is 4.31. The molecule has 0 N–H and O–H groups in total. The normalized spacial score (nSPS) is 15.2. The van der Waals surface area contributed by atoms with Crippen molar-refractivity contribution in [1.29, 1.82) is 0 Å². The Kier molecular flexibility index (Phi) is 4.14. The molecule has 1 aromatic rings. The lowest BCUT2D eigenvalue weighted by Gasteiger charge is -2.25. The first kappa shape index (κ1) is 14.2. The van der Waals surface area contributed by atoms with Crippen LogP contribution in [0.4, 0.5) is 5.82 Å². The van der Waals surface area contributed by atoms with Gasteiger partial charge in [-0.15, -0.1) is 0 Å². The quantitative estimate of drug-likeness (QED) is 0.346. The molecule has 8 heteroatoms. The molecule has 1 saturated heterocycles. The first-order valence-corrected chi connectivity index (χ1v) is 6.31. The summed E-state index contributed by atoms with van der Waals surface area (Å²) < 4.78 is 6.35. The fraction of sp³-hybridized carbons (Fsp3) is 0.500. The summed E-state index contributed by atoms with van der Waals surface area (Å²) in [4.78, 5) is 36.0. The Morgan fingerprint density at radius 1 is 1.35 bits per heavy atom. The molecule has 20 heavy (non-hydrogen) atoms. The van der Waals surface area contributed by atoms with Crippen molar-refractivity contribution in [2.24, 2.45) is 0 Å². The SMILES string of the molecule is CCn1c(C(=O)C(=O)N2CCOCC2)ccc1[N+](=O)[O-]. The van der Waals surface area contributed by atoms with Gasteiger partial charge in [-0.1, -0.05) is 0 Å². The Balaban J connectivity index is 2.24. The molecule has 108 valence electrons. The maximum Gasteiger partial charge on any atom is 0.323 e. The highest BCUT2D eigenvalue weighted by atomic mass is 16.6. The molecule has 0 aliphatic carbocycles. The Morgan fingerprint density at radius 2 is 2.00 bits per heavy atom. The van der Waals surface area contributed by atoms with E-state index in [9.17, 15) is 19.7 Å². The Labute approximate surface area is 115 Å². The summed E-state index contributed by atoms with van der Waals surface area (Å²) >= 11 is 0. The summed E-state index contributed by atoms with van der Waals surface area (Å²) in [7, 11) is 0. The van der Waals surface area contributed by atoms with Crippen molar-refractivity contribution in [2.45, 2.75) is 13.5 Å². The minimum atomic E-state index is -0.721. The molecule has 0 bridgehead atoms. The van der Waals surface area contributed by atoms with E-state index in [4.69, 9.17) is 4.74 Å². The van der Waals surface area contributed by atoms with Gasteiger partial charge in [0.05, 0.1) is 19.8 Å². The van der Waals surface area contributed by atoms with Crippen LogP contribution in [0.25, 0.3) is 0 Å². The van der Waals surface area contributed by atoms with E-state index in [1.54, 1.807) is 6.92 Å². The second-order valence-electron chi connectivity index (χ2n) is 4.31. The van der Waals surface area contributed by atoms with Gasteiger partial charge in [-0.25, -0.2) is 4.57 Å². The molecule has 8 nitrogen and oxygen atoms in total. The van der Waals surface area contributed by atoms with E-state index < -0.39 is 16.6 Å². The van der Waals surface area contributed by atoms with E-state index in [2.05, 4.69) is 0 Å². The van der Waals surface area contributed by atoms with Crippen molar-refractivity contribution >= 4 is 17.5 Å². The Hall–Kier alpha value is -2.22. The first-order valence-electron chi connectivity index (χ1n) is 6.31. The van der Waals surface area contributed by atoms with E-state index in [0.717, 1.165) is 0 Å². The number of nitrogens with zero attached hydrogens (tertiary/aromatic N) is 3. The summed E-state index contributed by atoms with van der Waals surface area (Å²) in [6.45, 7) is 3.45. The summed E-state index contributed by atoms with van der Waals surface area (Å²) in [6.07, 6.45) is 0. The topological polar surface area (TPSA) is 94.7 Å². The predicted octanol–water partition coefficient (Wildman–Crippen LogP) is 0.458. The van der Waals surface area contributed by atoms with Crippen molar-refractivity contribution in [3.05, 3.63) is 27.9 Å². The van der Waals surface area contributed by atoms with Gasteiger partial charge in [0.1, 0.15) is 0 Å². The van der Waals surface area contributed by atoms with Crippen LogP contribution in [0.15, 0.2) is 12.1 Å². The largest absolute Gasteiger partial charge is 0.378 e. The zero-order valence-electron chi connectivity index (χ0n) is 11.1. The third-order valence-electron chi connectivity index (χ3n) is 3.19. The number of Topliss-reactive ketones (excluding diaryl/α,β-unsaturated/α-hetero) is 1. The average molecular weight is 281 g/mol. The lowest BCUT2D eigenvalue weighted by molar-refractivity contribution is -0.392.